The Kier molecular flexibility index (Phi) is 4.96. The molecule has 3 N–H and O–H groups in total. The van der Waals surface area contributed by atoms with Crippen molar-refractivity contribution in [2.75, 3.05) is 13.1 Å². The fourth-order valence-electron chi connectivity index (χ4n) is 2.23. The lowest BCUT2D eigenvalue weighted by molar-refractivity contribution is 0.0622. The van der Waals surface area contributed by atoms with Crippen LogP contribution in [-0.2, 0) is 0 Å². The van der Waals surface area contributed by atoms with Gasteiger partial charge in [-0.25, -0.2) is 0 Å². The van der Waals surface area contributed by atoms with Crippen LogP contribution in [0.1, 0.15) is 35.3 Å². The maximum atomic E-state index is 12.3. The van der Waals surface area contributed by atoms with Gasteiger partial charge in [0.25, 0.3) is 5.91 Å². The SMILES string of the molecule is Cc1[nH]ncc1C(=O)N1CCCCC1CN.Cl. The Morgan fingerprint density at radius 3 is 3.00 bits per heavy atom. The first-order chi connectivity index (χ1) is 7.74. The molecule has 0 spiro atoms. The Morgan fingerprint density at radius 1 is 1.65 bits per heavy atom. The summed E-state index contributed by atoms with van der Waals surface area (Å²) in [7, 11) is 0. The van der Waals surface area contributed by atoms with Crippen molar-refractivity contribution >= 4 is 18.3 Å². The number of likely N-dealkylation sites (tertiary alicyclic amines) is 1. The Hall–Kier alpha value is -1.07. The summed E-state index contributed by atoms with van der Waals surface area (Å²) in [4.78, 5) is 14.2. The lowest BCUT2D eigenvalue weighted by Gasteiger charge is -2.34. The monoisotopic (exact) mass is 258 g/mol. The smallest absolute Gasteiger partial charge is 0.257 e. The first-order valence-electron chi connectivity index (χ1n) is 5.75. The molecule has 0 aliphatic carbocycles. The number of carbonyl (C=O) groups excluding carboxylic acids is 1. The normalized spacial score (nSPS) is 19.9. The summed E-state index contributed by atoms with van der Waals surface area (Å²) in [6.45, 7) is 3.22. The molecule has 1 atom stereocenters. The average molecular weight is 259 g/mol. The topological polar surface area (TPSA) is 75.0 Å². The van der Waals surface area contributed by atoms with E-state index in [-0.39, 0.29) is 24.4 Å². The molecule has 2 heterocycles. The fraction of sp³-hybridized carbons (Fsp3) is 0.636. The molecule has 0 saturated carbocycles. The van der Waals surface area contributed by atoms with Crippen LogP contribution in [0.3, 0.4) is 0 Å². The number of aryl methyl sites for hydroxylation is 1. The number of hydrogen-bond donors (Lipinski definition) is 2. The zero-order valence-electron chi connectivity index (χ0n) is 9.98. The number of nitrogens with two attached hydrogens (primary N) is 1. The molecule has 1 aromatic rings. The molecule has 1 aliphatic rings. The summed E-state index contributed by atoms with van der Waals surface area (Å²) < 4.78 is 0. The second kappa shape index (κ2) is 6.02. The van der Waals surface area contributed by atoms with E-state index in [9.17, 15) is 4.79 Å². The minimum absolute atomic E-state index is 0. The maximum absolute atomic E-state index is 12.3. The minimum Gasteiger partial charge on any atom is -0.334 e. The summed E-state index contributed by atoms with van der Waals surface area (Å²) in [5.41, 5.74) is 7.20. The molecular formula is C11H19ClN4O. The fourth-order valence-corrected chi connectivity index (χ4v) is 2.23. The van der Waals surface area contributed by atoms with Gasteiger partial charge in [0.15, 0.2) is 0 Å². The number of piperidine rings is 1. The summed E-state index contributed by atoms with van der Waals surface area (Å²) >= 11 is 0. The number of amides is 1. The lowest BCUT2D eigenvalue weighted by atomic mass is 10.0. The van der Waals surface area contributed by atoms with E-state index in [1.807, 2.05) is 11.8 Å². The number of nitrogens with zero attached hydrogens (tertiary/aromatic N) is 2. The van der Waals surface area contributed by atoms with Gasteiger partial charge < -0.3 is 10.6 Å². The van der Waals surface area contributed by atoms with Crippen molar-refractivity contribution in [2.24, 2.45) is 5.73 Å². The summed E-state index contributed by atoms with van der Waals surface area (Å²) in [5, 5.41) is 6.68. The van der Waals surface area contributed by atoms with E-state index in [4.69, 9.17) is 5.73 Å². The van der Waals surface area contributed by atoms with E-state index in [1.54, 1.807) is 6.20 Å². The van der Waals surface area contributed by atoms with Crippen molar-refractivity contribution in [3.63, 3.8) is 0 Å². The van der Waals surface area contributed by atoms with Crippen molar-refractivity contribution in [1.29, 1.82) is 0 Å². The van der Waals surface area contributed by atoms with Crippen molar-refractivity contribution in [3.05, 3.63) is 17.5 Å². The van der Waals surface area contributed by atoms with Crippen LogP contribution < -0.4 is 5.73 Å². The molecule has 5 nitrogen and oxygen atoms in total. The molecule has 0 aromatic carbocycles. The van der Waals surface area contributed by atoms with Gasteiger partial charge in [0.2, 0.25) is 0 Å². The minimum atomic E-state index is 0. The van der Waals surface area contributed by atoms with Gasteiger partial charge in [-0.15, -0.1) is 12.4 Å². The highest BCUT2D eigenvalue weighted by Gasteiger charge is 2.27. The number of carbonyl (C=O) groups is 1. The zero-order chi connectivity index (χ0) is 11.5. The molecule has 1 amide bonds. The molecule has 2 rings (SSSR count). The van der Waals surface area contributed by atoms with Gasteiger partial charge in [-0.3, -0.25) is 9.89 Å². The van der Waals surface area contributed by atoms with Gasteiger partial charge in [-0.05, 0) is 26.2 Å². The summed E-state index contributed by atoms with van der Waals surface area (Å²) in [5.74, 6) is 0.0569. The molecular weight excluding hydrogens is 240 g/mol. The van der Waals surface area contributed by atoms with Crippen LogP contribution in [0.15, 0.2) is 6.20 Å². The maximum Gasteiger partial charge on any atom is 0.257 e. The summed E-state index contributed by atoms with van der Waals surface area (Å²) in [6, 6.07) is 0.190. The molecule has 1 fully saturated rings. The standard InChI is InChI=1S/C11H18N4O.ClH/c1-8-10(7-13-14-8)11(16)15-5-3-2-4-9(15)6-12;/h7,9H,2-6,12H2,1H3,(H,13,14);1H. The van der Waals surface area contributed by atoms with E-state index in [2.05, 4.69) is 10.2 Å². The second-order valence-electron chi connectivity index (χ2n) is 4.29. The van der Waals surface area contributed by atoms with Crippen molar-refractivity contribution in [1.82, 2.24) is 15.1 Å². The Bertz CT molecular complexity index is 379. The molecule has 0 bridgehead atoms. The van der Waals surface area contributed by atoms with Crippen LogP contribution in [-0.4, -0.2) is 40.1 Å². The predicted molar refractivity (Wildman–Crippen MR) is 68.3 cm³/mol. The number of nitrogens with one attached hydrogen (secondary N) is 1. The van der Waals surface area contributed by atoms with E-state index < -0.39 is 0 Å². The van der Waals surface area contributed by atoms with E-state index in [0.29, 0.717) is 12.1 Å². The number of halogens is 1. The number of H-pyrrole nitrogens is 1. The van der Waals surface area contributed by atoms with Gasteiger partial charge in [0, 0.05) is 24.8 Å². The molecule has 6 heteroatoms. The largest absolute Gasteiger partial charge is 0.334 e. The van der Waals surface area contributed by atoms with Crippen LogP contribution in [0.4, 0.5) is 0 Å². The molecule has 96 valence electrons. The molecule has 17 heavy (non-hydrogen) atoms. The third-order valence-electron chi connectivity index (χ3n) is 3.22. The van der Waals surface area contributed by atoms with Gasteiger partial charge >= 0.3 is 0 Å². The highest BCUT2D eigenvalue weighted by molar-refractivity contribution is 5.95. The van der Waals surface area contributed by atoms with E-state index in [1.165, 1.54) is 0 Å². The Labute approximate surface area is 107 Å². The number of hydrogen-bond acceptors (Lipinski definition) is 3. The lowest BCUT2D eigenvalue weighted by Crippen LogP contribution is -2.47. The first kappa shape index (κ1) is 14.0. The molecule has 1 saturated heterocycles. The van der Waals surface area contributed by atoms with E-state index in [0.717, 1.165) is 31.5 Å². The van der Waals surface area contributed by atoms with Crippen LogP contribution in [0, 0.1) is 6.92 Å². The predicted octanol–water partition coefficient (Wildman–Crippen LogP) is 1.09. The quantitative estimate of drug-likeness (QED) is 0.834. The summed E-state index contributed by atoms with van der Waals surface area (Å²) in [6.07, 6.45) is 4.84. The average Bonchev–Trinajstić information content (AvgIpc) is 2.74. The third-order valence-corrected chi connectivity index (χ3v) is 3.22. The van der Waals surface area contributed by atoms with Crippen molar-refractivity contribution < 1.29 is 4.79 Å². The van der Waals surface area contributed by atoms with Gasteiger partial charge in [-0.2, -0.15) is 5.10 Å². The van der Waals surface area contributed by atoms with Crippen LogP contribution >= 0.6 is 12.4 Å². The van der Waals surface area contributed by atoms with Crippen LogP contribution in [0.5, 0.6) is 0 Å². The van der Waals surface area contributed by atoms with Crippen molar-refractivity contribution in [3.8, 4) is 0 Å². The number of aromatic amines is 1. The van der Waals surface area contributed by atoms with E-state index >= 15 is 0 Å². The molecule has 1 aromatic heterocycles. The second-order valence-corrected chi connectivity index (χ2v) is 4.29. The van der Waals surface area contributed by atoms with Crippen molar-refractivity contribution in [2.45, 2.75) is 32.2 Å². The highest BCUT2D eigenvalue weighted by Crippen LogP contribution is 2.19. The highest BCUT2D eigenvalue weighted by atomic mass is 35.5. The number of aromatic nitrogens is 2. The molecule has 0 radical (unpaired) electrons. The Morgan fingerprint density at radius 2 is 2.41 bits per heavy atom. The Balaban J connectivity index is 0.00000144. The van der Waals surface area contributed by atoms with Gasteiger partial charge in [0.05, 0.1) is 11.8 Å². The molecule has 1 aliphatic heterocycles. The van der Waals surface area contributed by atoms with Crippen LogP contribution in [0.25, 0.3) is 0 Å². The third kappa shape index (κ3) is 2.79. The zero-order valence-corrected chi connectivity index (χ0v) is 10.8. The van der Waals surface area contributed by atoms with Crippen LogP contribution in [0.2, 0.25) is 0 Å². The van der Waals surface area contributed by atoms with Gasteiger partial charge in [-0.1, -0.05) is 0 Å². The van der Waals surface area contributed by atoms with Gasteiger partial charge in [0.1, 0.15) is 0 Å². The molecule has 1 unspecified atom stereocenters. The first-order valence-corrected chi connectivity index (χ1v) is 5.75. The number of rotatable bonds is 2.